The molecule has 0 saturated heterocycles. The van der Waals surface area contributed by atoms with Crippen molar-refractivity contribution in [2.24, 2.45) is 7.05 Å². The average Bonchev–Trinajstić information content (AvgIpc) is 2.94. The largest absolute Gasteiger partial charge is 1.00 e. The van der Waals surface area contributed by atoms with Gasteiger partial charge in [-0.25, -0.2) is 16.8 Å². The average molecular weight is 461 g/mol. The number of rotatable bonds is 3. The molecule has 0 amide bonds. The third-order valence-corrected chi connectivity index (χ3v) is 6.37. The standard InChI is InChI=1S/C19H15NO6S2.2Na/c1-20-17(12-5-3-2-4-6-12)10-14-8-16-13(9-18(14)20)7-15(27(21,22)23)11-19(16)28(24,25)26;;/h2-11H,1H3,(H,21,22,23)(H,24,25,26);;/q;2*+1/p-2. The third-order valence-electron chi connectivity index (χ3n) is 4.68. The van der Waals surface area contributed by atoms with E-state index >= 15 is 0 Å². The molecule has 144 valence electrons. The minimum absolute atomic E-state index is 0. The SMILES string of the molecule is Cn1c(-c2ccccc2)cc2cc3c(S(=O)(=O)[O-])cc(S(=O)(=O)[O-])cc3cc21.[Na+].[Na+]. The van der Waals surface area contributed by atoms with Gasteiger partial charge in [-0.3, -0.25) is 0 Å². The molecule has 11 heteroatoms. The van der Waals surface area contributed by atoms with Gasteiger partial charge in [-0.1, -0.05) is 30.3 Å². The van der Waals surface area contributed by atoms with E-state index in [0.29, 0.717) is 17.0 Å². The van der Waals surface area contributed by atoms with Crippen molar-refractivity contribution in [1.29, 1.82) is 0 Å². The van der Waals surface area contributed by atoms with Crippen LogP contribution in [0.2, 0.25) is 0 Å². The van der Waals surface area contributed by atoms with Crippen molar-refractivity contribution in [3.8, 4) is 11.3 Å². The molecule has 0 radical (unpaired) electrons. The number of benzene rings is 3. The molecule has 0 unspecified atom stereocenters. The number of aryl methyl sites for hydroxylation is 1. The summed E-state index contributed by atoms with van der Waals surface area (Å²) >= 11 is 0. The molecule has 3 aromatic carbocycles. The summed E-state index contributed by atoms with van der Waals surface area (Å²) in [5.41, 5.74) is 2.49. The Hall–Kier alpha value is -0.720. The van der Waals surface area contributed by atoms with E-state index in [1.807, 2.05) is 48.0 Å². The van der Waals surface area contributed by atoms with Crippen LogP contribution in [-0.4, -0.2) is 30.5 Å². The Morgan fingerprint density at radius 3 is 1.97 bits per heavy atom. The van der Waals surface area contributed by atoms with Crippen molar-refractivity contribution in [3.63, 3.8) is 0 Å². The minimum atomic E-state index is -5.00. The molecule has 0 N–H and O–H groups in total. The topological polar surface area (TPSA) is 119 Å². The molecule has 0 spiro atoms. The Balaban J connectivity index is 0.00000160. The van der Waals surface area contributed by atoms with Gasteiger partial charge in [0.2, 0.25) is 0 Å². The molecule has 4 rings (SSSR count). The molecule has 0 fully saturated rings. The van der Waals surface area contributed by atoms with Crippen LogP contribution < -0.4 is 59.1 Å². The van der Waals surface area contributed by atoms with E-state index < -0.39 is 30.0 Å². The Labute approximate surface area is 218 Å². The fourth-order valence-electron chi connectivity index (χ4n) is 3.37. The predicted molar refractivity (Wildman–Crippen MR) is 102 cm³/mol. The van der Waals surface area contributed by atoms with Crippen LogP contribution in [0.4, 0.5) is 0 Å². The van der Waals surface area contributed by atoms with Gasteiger partial charge < -0.3 is 13.7 Å². The van der Waals surface area contributed by atoms with Gasteiger partial charge >= 0.3 is 59.1 Å². The molecule has 0 saturated carbocycles. The van der Waals surface area contributed by atoms with E-state index in [2.05, 4.69) is 0 Å². The van der Waals surface area contributed by atoms with Crippen LogP contribution in [0.3, 0.4) is 0 Å². The maximum Gasteiger partial charge on any atom is 1.00 e. The van der Waals surface area contributed by atoms with Gasteiger partial charge in [0.1, 0.15) is 20.2 Å². The van der Waals surface area contributed by atoms with Crippen molar-refractivity contribution < 1.29 is 85.1 Å². The molecule has 0 bridgehead atoms. The van der Waals surface area contributed by atoms with Crippen molar-refractivity contribution in [2.45, 2.75) is 9.79 Å². The molecule has 0 aliphatic rings. The van der Waals surface area contributed by atoms with E-state index in [9.17, 15) is 25.9 Å². The monoisotopic (exact) mass is 461 g/mol. The van der Waals surface area contributed by atoms with Crippen molar-refractivity contribution in [2.75, 3.05) is 0 Å². The van der Waals surface area contributed by atoms with Gasteiger partial charge in [-0.05, 0) is 41.3 Å². The van der Waals surface area contributed by atoms with Crippen LogP contribution in [0.25, 0.3) is 32.9 Å². The number of fused-ring (bicyclic) bond motifs is 2. The Bertz CT molecular complexity index is 1460. The van der Waals surface area contributed by atoms with E-state index in [1.165, 1.54) is 6.07 Å². The molecule has 4 aromatic rings. The molecule has 0 atom stereocenters. The summed E-state index contributed by atoms with van der Waals surface area (Å²) in [4.78, 5) is -1.49. The first-order valence-corrected chi connectivity index (χ1v) is 10.9. The summed E-state index contributed by atoms with van der Waals surface area (Å²) in [5.74, 6) is 0. The summed E-state index contributed by atoms with van der Waals surface area (Å²) in [6.07, 6.45) is 0. The molecule has 0 aliphatic carbocycles. The van der Waals surface area contributed by atoms with Crippen molar-refractivity contribution in [1.82, 2.24) is 4.57 Å². The van der Waals surface area contributed by atoms with Crippen LogP contribution in [0.15, 0.2) is 70.5 Å². The van der Waals surface area contributed by atoms with E-state index in [0.717, 1.165) is 17.3 Å². The zero-order chi connectivity index (χ0) is 20.3. The second-order valence-electron chi connectivity index (χ2n) is 6.42. The predicted octanol–water partition coefficient (Wildman–Crippen LogP) is -3.19. The van der Waals surface area contributed by atoms with Gasteiger partial charge in [-0.2, -0.15) is 0 Å². The number of hydrogen-bond acceptors (Lipinski definition) is 6. The van der Waals surface area contributed by atoms with Crippen LogP contribution in [0.1, 0.15) is 0 Å². The van der Waals surface area contributed by atoms with Crippen LogP contribution in [-0.2, 0) is 27.3 Å². The van der Waals surface area contributed by atoms with Crippen molar-refractivity contribution >= 4 is 41.9 Å². The molecular formula is C19H13NNa2O6S2. The molecule has 30 heavy (non-hydrogen) atoms. The summed E-state index contributed by atoms with van der Waals surface area (Å²) in [5, 5.41) is 0.927. The van der Waals surface area contributed by atoms with Crippen LogP contribution in [0.5, 0.6) is 0 Å². The quantitative estimate of drug-likeness (QED) is 0.234. The fraction of sp³-hybridized carbons (Fsp3) is 0.0526. The number of hydrogen-bond donors (Lipinski definition) is 0. The Morgan fingerprint density at radius 1 is 0.767 bits per heavy atom. The minimum Gasteiger partial charge on any atom is -0.744 e. The van der Waals surface area contributed by atoms with E-state index in [1.54, 1.807) is 6.07 Å². The first kappa shape index (κ1) is 25.5. The maximum absolute atomic E-state index is 11.7. The molecular weight excluding hydrogens is 448 g/mol. The normalized spacial score (nSPS) is 11.8. The molecule has 1 heterocycles. The molecule has 7 nitrogen and oxygen atoms in total. The van der Waals surface area contributed by atoms with Crippen molar-refractivity contribution in [3.05, 3.63) is 60.7 Å². The zero-order valence-electron chi connectivity index (χ0n) is 16.5. The molecule has 1 aromatic heterocycles. The Kier molecular flexibility index (Phi) is 7.69. The zero-order valence-corrected chi connectivity index (χ0v) is 22.1. The summed E-state index contributed by atoms with van der Waals surface area (Å²) in [6, 6.07) is 16.1. The van der Waals surface area contributed by atoms with Gasteiger partial charge in [0.15, 0.2) is 0 Å². The first-order chi connectivity index (χ1) is 13.1. The smallest absolute Gasteiger partial charge is 0.744 e. The van der Waals surface area contributed by atoms with E-state index in [-0.39, 0.29) is 69.9 Å². The number of nitrogens with zero attached hydrogens (tertiary/aromatic N) is 1. The van der Waals surface area contributed by atoms with Gasteiger partial charge in [0.05, 0.1) is 9.79 Å². The second-order valence-corrected chi connectivity index (χ2v) is 9.14. The summed E-state index contributed by atoms with van der Waals surface area (Å²) < 4.78 is 71.2. The van der Waals surface area contributed by atoms with Crippen LogP contribution >= 0.6 is 0 Å². The van der Waals surface area contributed by atoms with Gasteiger partial charge in [0.25, 0.3) is 0 Å². The van der Waals surface area contributed by atoms with E-state index in [4.69, 9.17) is 0 Å². The summed E-state index contributed by atoms with van der Waals surface area (Å²) in [7, 11) is -8.12. The van der Waals surface area contributed by atoms with Crippen LogP contribution in [0, 0.1) is 0 Å². The number of aromatic nitrogens is 1. The fourth-order valence-corrected chi connectivity index (χ4v) is 4.70. The second kappa shape index (κ2) is 9.03. The summed E-state index contributed by atoms with van der Waals surface area (Å²) in [6.45, 7) is 0. The van der Waals surface area contributed by atoms with Gasteiger partial charge in [0, 0.05) is 29.0 Å². The molecule has 0 aliphatic heterocycles. The maximum atomic E-state index is 11.7. The first-order valence-electron chi connectivity index (χ1n) is 8.10. The Morgan fingerprint density at radius 2 is 1.40 bits per heavy atom. The van der Waals surface area contributed by atoms with Gasteiger partial charge in [-0.15, -0.1) is 0 Å². The third kappa shape index (κ3) is 4.71.